The first-order valence-corrected chi connectivity index (χ1v) is 10.3. The van der Waals surface area contributed by atoms with Gasteiger partial charge in [-0.2, -0.15) is 5.26 Å². The quantitative estimate of drug-likeness (QED) is 0.382. The molecule has 0 amide bonds. The number of hydrogen-bond donors (Lipinski definition) is 0. The van der Waals surface area contributed by atoms with Crippen molar-refractivity contribution >= 4 is 10.8 Å². The normalized spacial score (nSPS) is 10.9. The molecule has 1 heterocycles. The molecule has 0 saturated carbocycles. The van der Waals surface area contributed by atoms with E-state index in [-0.39, 0.29) is 5.82 Å². The fraction of sp³-hybridized carbons (Fsp3) is 0.185. The van der Waals surface area contributed by atoms with Crippen LogP contribution in [0.3, 0.4) is 0 Å². The number of aryl methyl sites for hydroxylation is 2. The molecule has 0 spiro atoms. The highest BCUT2D eigenvalue weighted by Crippen LogP contribution is 2.27. The fourth-order valence-electron chi connectivity index (χ4n) is 3.68. The van der Waals surface area contributed by atoms with Crippen LogP contribution in [0.1, 0.15) is 22.3 Å². The second-order valence-corrected chi connectivity index (χ2v) is 7.58. The van der Waals surface area contributed by atoms with E-state index in [1.807, 2.05) is 54.7 Å². The van der Waals surface area contributed by atoms with Gasteiger partial charge in [-0.3, -0.25) is 4.98 Å². The number of pyridine rings is 1. The van der Waals surface area contributed by atoms with Crippen molar-refractivity contribution < 1.29 is 9.13 Å². The second-order valence-electron chi connectivity index (χ2n) is 7.58. The van der Waals surface area contributed by atoms with Crippen molar-refractivity contribution in [2.75, 3.05) is 13.7 Å². The third-order valence-electron chi connectivity index (χ3n) is 5.52. The first kappa shape index (κ1) is 20.7. The maximum absolute atomic E-state index is 15.1. The summed E-state index contributed by atoms with van der Waals surface area (Å²) >= 11 is 0. The van der Waals surface area contributed by atoms with Crippen molar-refractivity contribution in [1.29, 1.82) is 5.26 Å². The summed E-state index contributed by atoms with van der Waals surface area (Å²) in [5, 5.41) is 10.4. The van der Waals surface area contributed by atoms with Crippen LogP contribution < -0.4 is 0 Å². The molecule has 4 heteroatoms. The predicted molar refractivity (Wildman–Crippen MR) is 121 cm³/mol. The lowest BCUT2D eigenvalue weighted by Gasteiger charge is -2.09. The molecule has 0 radical (unpaired) electrons. The molecule has 0 bridgehead atoms. The van der Waals surface area contributed by atoms with Crippen LogP contribution in [0.5, 0.6) is 0 Å². The van der Waals surface area contributed by atoms with Gasteiger partial charge in [0.2, 0.25) is 0 Å². The number of nitriles is 1. The third kappa shape index (κ3) is 4.79. The number of fused-ring (bicyclic) bond motifs is 1. The van der Waals surface area contributed by atoms with Gasteiger partial charge in [0, 0.05) is 24.3 Å². The summed E-state index contributed by atoms with van der Waals surface area (Å²) in [7, 11) is 1.69. The van der Waals surface area contributed by atoms with Gasteiger partial charge in [0.05, 0.1) is 23.9 Å². The molecule has 3 nitrogen and oxygen atoms in total. The van der Waals surface area contributed by atoms with Crippen molar-refractivity contribution in [3.8, 4) is 17.3 Å². The summed E-state index contributed by atoms with van der Waals surface area (Å²) in [6.45, 7) is 0.670. The molecule has 0 N–H and O–H groups in total. The monoisotopic (exact) mass is 410 g/mol. The number of aromatic nitrogens is 1. The molecule has 4 rings (SSSR count). The van der Waals surface area contributed by atoms with Gasteiger partial charge in [-0.1, -0.05) is 42.5 Å². The van der Waals surface area contributed by atoms with E-state index in [0.717, 1.165) is 40.6 Å². The molecule has 0 fully saturated rings. The van der Waals surface area contributed by atoms with E-state index in [1.54, 1.807) is 19.2 Å². The third-order valence-corrected chi connectivity index (χ3v) is 5.52. The number of nitrogens with zero attached hydrogens (tertiary/aromatic N) is 2. The van der Waals surface area contributed by atoms with Crippen LogP contribution in [0.2, 0.25) is 0 Å². The van der Waals surface area contributed by atoms with Crippen LogP contribution in [0.4, 0.5) is 4.39 Å². The lowest BCUT2D eigenvalue weighted by Crippen LogP contribution is -1.97. The van der Waals surface area contributed by atoms with Crippen LogP contribution in [-0.4, -0.2) is 18.7 Å². The molecule has 3 aromatic carbocycles. The zero-order valence-electron chi connectivity index (χ0n) is 17.4. The molecular formula is C27H23FN2O. The molecule has 0 atom stereocenters. The highest BCUT2D eigenvalue weighted by Gasteiger charge is 2.10. The van der Waals surface area contributed by atoms with Crippen LogP contribution >= 0.6 is 0 Å². The number of ether oxygens (including phenoxy) is 1. The predicted octanol–water partition coefficient (Wildman–Crippen LogP) is 5.89. The maximum atomic E-state index is 15.1. The highest BCUT2D eigenvalue weighted by molar-refractivity contribution is 5.88. The Bertz CT molecular complexity index is 1230. The largest absolute Gasteiger partial charge is 0.384 e. The van der Waals surface area contributed by atoms with E-state index in [9.17, 15) is 0 Å². The van der Waals surface area contributed by atoms with E-state index < -0.39 is 0 Å². The molecule has 0 aliphatic heterocycles. The van der Waals surface area contributed by atoms with Crippen molar-refractivity contribution in [3.63, 3.8) is 0 Å². The van der Waals surface area contributed by atoms with Gasteiger partial charge in [0.15, 0.2) is 0 Å². The number of benzene rings is 3. The molecule has 0 aliphatic carbocycles. The molecule has 154 valence electrons. The van der Waals surface area contributed by atoms with Crippen LogP contribution in [-0.2, 0) is 24.0 Å². The van der Waals surface area contributed by atoms with Crippen molar-refractivity contribution in [1.82, 2.24) is 4.98 Å². The number of methoxy groups -OCH3 is 1. The molecule has 31 heavy (non-hydrogen) atoms. The lowest BCUT2D eigenvalue weighted by atomic mass is 9.98. The second kappa shape index (κ2) is 9.51. The van der Waals surface area contributed by atoms with E-state index in [0.29, 0.717) is 29.5 Å². The van der Waals surface area contributed by atoms with E-state index in [4.69, 9.17) is 10.00 Å². The number of rotatable bonds is 7. The topological polar surface area (TPSA) is 45.9 Å². The minimum Gasteiger partial charge on any atom is -0.384 e. The molecular weight excluding hydrogens is 387 g/mol. The summed E-state index contributed by atoms with van der Waals surface area (Å²) in [5.41, 5.74) is 5.39. The Labute approximate surface area is 181 Å². The Hall–Kier alpha value is -3.55. The van der Waals surface area contributed by atoms with Crippen LogP contribution in [0.15, 0.2) is 72.9 Å². The van der Waals surface area contributed by atoms with Gasteiger partial charge in [-0.15, -0.1) is 0 Å². The van der Waals surface area contributed by atoms with Crippen molar-refractivity contribution in [2.24, 2.45) is 0 Å². The van der Waals surface area contributed by atoms with Gasteiger partial charge in [-0.05, 0) is 65.6 Å². The van der Waals surface area contributed by atoms with Gasteiger partial charge in [0.1, 0.15) is 5.82 Å². The van der Waals surface area contributed by atoms with Gasteiger partial charge >= 0.3 is 0 Å². The Morgan fingerprint density at radius 1 is 0.903 bits per heavy atom. The molecule has 4 aromatic rings. The van der Waals surface area contributed by atoms with Crippen molar-refractivity contribution in [3.05, 3.63) is 101 Å². The Morgan fingerprint density at radius 2 is 1.71 bits per heavy atom. The van der Waals surface area contributed by atoms with Crippen molar-refractivity contribution in [2.45, 2.75) is 19.3 Å². The Morgan fingerprint density at radius 3 is 2.42 bits per heavy atom. The molecule has 0 aliphatic rings. The lowest BCUT2D eigenvalue weighted by molar-refractivity contribution is 0.202. The van der Waals surface area contributed by atoms with Gasteiger partial charge < -0.3 is 4.74 Å². The van der Waals surface area contributed by atoms with Gasteiger partial charge in [-0.25, -0.2) is 4.39 Å². The van der Waals surface area contributed by atoms with Crippen LogP contribution in [0, 0.1) is 17.1 Å². The van der Waals surface area contributed by atoms with Gasteiger partial charge in [0.25, 0.3) is 0 Å². The van der Waals surface area contributed by atoms with E-state index in [2.05, 4.69) is 17.1 Å². The fourth-order valence-corrected chi connectivity index (χ4v) is 3.68. The average Bonchev–Trinajstić information content (AvgIpc) is 2.83. The molecule has 0 unspecified atom stereocenters. The standard InChI is InChI=1S/C27H23FN2O/c1-31-15-14-21-7-13-26(30-18-21)24-11-12-25-23(16-24)10-9-22(27(25)28)8-6-19-2-4-20(17-29)5-3-19/h2-5,7,9-13,16,18H,6,8,14-15H2,1H3. The summed E-state index contributed by atoms with van der Waals surface area (Å²) in [6.07, 6.45) is 4.04. The average molecular weight is 410 g/mol. The SMILES string of the molecule is COCCc1ccc(-c2ccc3c(F)c(CCc4ccc(C#N)cc4)ccc3c2)nc1. The number of halogens is 1. The highest BCUT2D eigenvalue weighted by atomic mass is 19.1. The Kier molecular flexibility index (Phi) is 6.35. The molecule has 0 saturated heterocycles. The minimum atomic E-state index is -0.166. The smallest absolute Gasteiger partial charge is 0.134 e. The summed E-state index contributed by atoms with van der Waals surface area (Å²) in [6, 6.07) is 23.2. The zero-order valence-corrected chi connectivity index (χ0v) is 17.4. The molecule has 1 aromatic heterocycles. The van der Waals surface area contributed by atoms with E-state index in [1.165, 1.54) is 0 Å². The Balaban J connectivity index is 1.52. The van der Waals surface area contributed by atoms with Crippen LogP contribution in [0.25, 0.3) is 22.0 Å². The number of hydrogen-bond acceptors (Lipinski definition) is 3. The van der Waals surface area contributed by atoms with E-state index >= 15 is 4.39 Å². The first-order chi connectivity index (χ1) is 15.2. The summed E-state index contributed by atoms with van der Waals surface area (Å²) < 4.78 is 20.2. The summed E-state index contributed by atoms with van der Waals surface area (Å²) in [4.78, 5) is 4.55. The minimum absolute atomic E-state index is 0.166. The first-order valence-electron chi connectivity index (χ1n) is 10.3. The maximum Gasteiger partial charge on any atom is 0.134 e. The zero-order chi connectivity index (χ0) is 21.6. The summed E-state index contributed by atoms with van der Waals surface area (Å²) in [5.74, 6) is -0.166.